The smallest absolute Gasteiger partial charge is 0.312 e. The second-order valence-corrected chi connectivity index (χ2v) is 12.2. The topological polar surface area (TPSA) is 109 Å². The first kappa shape index (κ1) is 30.2. The monoisotopic (exact) mass is 611 g/mol. The van der Waals surface area contributed by atoms with Gasteiger partial charge in [-0.2, -0.15) is 0 Å². The van der Waals surface area contributed by atoms with Gasteiger partial charge in [0.15, 0.2) is 0 Å². The van der Waals surface area contributed by atoms with Crippen molar-refractivity contribution in [3.8, 4) is 0 Å². The Labute approximate surface area is 239 Å². The summed E-state index contributed by atoms with van der Waals surface area (Å²) in [6.07, 6.45) is 3.68. The number of aliphatic hydroxyl groups excluding tert-OH is 1. The quantitative estimate of drug-likeness (QED) is 0.188. The van der Waals surface area contributed by atoms with Gasteiger partial charge < -0.3 is 29.1 Å². The van der Waals surface area contributed by atoms with Gasteiger partial charge in [0, 0.05) is 37.6 Å². The third-order valence-corrected chi connectivity index (χ3v) is 9.72. The molecule has 2 amide bonds. The molecule has 3 unspecified atom stereocenters. The van der Waals surface area contributed by atoms with Gasteiger partial charge >= 0.3 is 5.97 Å². The minimum atomic E-state index is -1.20. The highest BCUT2D eigenvalue weighted by Crippen LogP contribution is 2.61. The van der Waals surface area contributed by atoms with Gasteiger partial charge in [-0.3, -0.25) is 19.3 Å². The molecule has 0 aromatic heterocycles. The summed E-state index contributed by atoms with van der Waals surface area (Å²) >= 11 is 3.68. The lowest BCUT2D eigenvalue weighted by Gasteiger charge is -2.41. The molecule has 4 saturated heterocycles. The van der Waals surface area contributed by atoms with E-state index in [0.29, 0.717) is 45.7 Å². The van der Waals surface area contributed by atoms with Crippen molar-refractivity contribution < 1.29 is 33.7 Å². The molecule has 4 aliphatic heterocycles. The Balaban J connectivity index is 1.72. The van der Waals surface area contributed by atoms with Crippen LogP contribution in [0.1, 0.15) is 26.7 Å². The Morgan fingerprint density at radius 3 is 2.64 bits per heavy atom. The summed E-state index contributed by atoms with van der Waals surface area (Å²) in [5, 5.41) is 10.5. The summed E-state index contributed by atoms with van der Waals surface area (Å²) in [6.45, 7) is 15.5. The Hall–Kier alpha value is -1.79. The Morgan fingerprint density at radius 2 is 2.03 bits per heavy atom. The second kappa shape index (κ2) is 12.8. The summed E-state index contributed by atoms with van der Waals surface area (Å²) in [5.74, 6) is -2.91. The van der Waals surface area contributed by atoms with Crippen LogP contribution in [0.2, 0.25) is 0 Å². The van der Waals surface area contributed by atoms with Crippen molar-refractivity contribution in [3.63, 3.8) is 0 Å². The van der Waals surface area contributed by atoms with E-state index >= 15 is 0 Å². The van der Waals surface area contributed by atoms with Crippen LogP contribution in [0.5, 0.6) is 0 Å². The number of ether oxygens (including phenoxy) is 3. The van der Waals surface area contributed by atoms with Crippen LogP contribution in [0, 0.1) is 17.8 Å². The molecule has 4 fully saturated rings. The number of morpholine rings is 1. The summed E-state index contributed by atoms with van der Waals surface area (Å²) in [6, 6.07) is -1.57. The van der Waals surface area contributed by atoms with Crippen LogP contribution in [-0.2, 0) is 28.6 Å². The predicted molar refractivity (Wildman–Crippen MR) is 148 cm³/mol. The van der Waals surface area contributed by atoms with E-state index in [9.17, 15) is 19.5 Å². The lowest BCUT2D eigenvalue weighted by molar-refractivity contribution is -0.156. The number of amides is 2. The minimum Gasteiger partial charge on any atom is -0.461 e. The maximum atomic E-state index is 14.5. The SMILES string of the molecule is C=CCOC(=O)[C@H]1[C@@H]2OC3(CC2Br)C(C(=O)N(CC=C)CCN2CCOCC2)N([C@@H](CO)[C@@H](C)CC)C(=O)[C@H]13. The summed E-state index contributed by atoms with van der Waals surface area (Å²) in [5.41, 5.74) is -1.20. The molecule has 11 heteroatoms. The van der Waals surface area contributed by atoms with Crippen molar-refractivity contribution in [2.24, 2.45) is 17.8 Å². The number of nitrogens with zero attached hydrogens (tertiary/aromatic N) is 3. The van der Waals surface area contributed by atoms with Crippen LogP contribution in [0.4, 0.5) is 0 Å². The molecule has 8 atom stereocenters. The molecule has 2 bridgehead atoms. The van der Waals surface area contributed by atoms with E-state index in [4.69, 9.17) is 14.2 Å². The van der Waals surface area contributed by atoms with Crippen LogP contribution in [0.3, 0.4) is 0 Å². The normalized spacial score (nSPS) is 33.5. The summed E-state index contributed by atoms with van der Waals surface area (Å²) < 4.78 is 17.4. The number of esters is 1. The maximum absolute atomic E-state index is 14.5. The fourth-order valence-electron chi connectivity index (χ4n) is 6.73. The van der Waals surface area contributed by atoms with Crippen molar-refractivity contribution in [2.45, 2.75) is 55.3 Å². The van der Waals surface area contributed by atoms with E-state index in [1.165, 1.54) is 6.08 Å². The summed E-state index contributed by atoms with van der Waals surface area (Å²) in [4.78, 5) is 47.3. The van der Waals surface area contributed by atoms with Crippen LogP contribution in [0.15, 0.2) is 25.3 Å². The van der Waals surface area contributed by atoms with Crippen molar-refractivity contribution in [3.05, 3.63) is 25.3 Å². The average Bonchev–Trinajstić information content (AvgIpc) is 3.53. The van der Waals surface area contributed by atoms with Gasteiger partial charge in [0.05, 0.1) is 43.8 Å². The van der Waals surface area contributed by atoms with E-state index in [0.717, 1.165) is 13.1 Å². The van der Waals surface area contributed by atoms with Crippen LogP contribution < -0.4 is 0 Å². The summed E-state index contributed by atoms with van der Waals surface area (Å²) in [7, 11) is 0. The van der Waals surface area contributed by atoms with Crippen molar-refractivity contribution in [2.75, 3.05) is 59.2 Å². The molecule has 1 N–H and O–H groups in total. The molecule has 4 aliphatic rings. The van der Waals surface area contributed by atoms with Crippen LogP contribution in [-0.4, -0.2) is 125 Å². The lowest BCUT2D eigenvalue weighted by atomic mass is 9.70. The molecule has 0 radical (unpaired) electrons. The molecule has 0 aromatic rings. The molecule has 218 valence electrons. The van der Waals surface area contributed by atoms with Crippen LogP contribution in [0.25, 0.3) is 0 Å². The number of halogens is 1. The number of aliphatic hydroxyl groups is 1. The molecule has 39 heavy (non-hydrogen) atoms. The number of hydrogen-bond acceptors (Lipinski definition) is 8. The zero-order valence-corrected chi connectivity index (χ0v) is 24.6. The van der Waals surface area contributed by atoms with Crippen molar-refractivity contribution in [1.29, 1.82) is 0 Å². The lowest BCUT2D eigenvalue weighted by Crippen LogP contribution is -2.60. The molecular weight excluding hydrogens is 570 g/mol. The second-order valence-electron chi connectivity index (χ2n) is 11.0. The fraction of sp³-hybridized carbons (Fsp3) is 0.750. The van der Waals surface area contributed by atoms with E-state index in [2.05, 4.69) is 34.0 Å². The molecule has 0 saturated carbocycles. The van der Waals surface area contributed by atoms with Gasteiger partial charge in [0.1, 0.15) is 18.2 Å². The third kappa shape index (κ3) is 5.45. The van der Waals surface area contributed by atoms with E-state index in [-0.39, 0.29) is 35.8 Å². The molecule has 0 aliphatic carbocycles. The molecular formula is C28H42BrN3O7. The highest BCUT2D eigenvalue weighted by Gasteiger charge is 2.77. The average molecular weight is 613 g/mol. The van der Waals surface area contributed by atoms with E-state index in [1.807, 2.05) is 13.8 Å². The van der Waals surface area contributed by atoms with Gasteiger partial charge in [-0.1, -0.05) is 54.9 Å². The molecule has 10 nitrogen and oxygen atoms in total. The Kier molecular flexibility index (Phi) is 9.91. The van der Waals surface area contributed by atoms with Crippen molar-refractivity contribution in [1.82, 2.24) is 14.7 Å². The largest absolute Gasteiger partial charge is 0.461 e. The zero-order valence-electron chi connectivity index (χ0n) is 23.0. The van der Waals surface area contributed by atoms with E-state index < -0.39 is 41.6 Å². The van der Waals surface area contributed by atoms with Gasteiger partial charge in [-0.05, 0) is 12.3 Å². The Morgan fingerprint density at radius 1 is 1.31 bits per heavy atom. The van der Waals surface area contributed by atoms with E-state index in [1.54, 1.807) is 15.9 Å². The highest BCUT2D eigenvalue weighted by molar-refractivity contribution is 9.09. The number of hydrogen-bond donors (Lipinski definition) is 1. The number of fused-ring (bicyclic) bond motifs is 1. The molecule has 4 rings (SSSR count). The Bertz CT molecular complexity index is 944. The van der Waals surface area contributed by atoms with Crippen LogP contribution >= 0.6 is 15.9 Å². The number of carbonyl (C=O) groups excluding carboxylic acids is 3. The van der Waals surface area contributed by atoms with Gasteiger partial charge in [-0.25, -0.2) is 0 Å². The van der Waals surface area contributed by atoms with Gasteiger partial charge in [0.2, 0.25) is 11.8 Å². The zero-order chi connectivity index (χ0) is 28.3. The molecule has 1 spiro atoms. The fourth-order valence-corrected chi connectivity index (χ4v) is 7.67. The first-order chi connectivity index (χ1) is 18.7. The first-order valence-electron chi connectivity index (χ1n) is 14.0. The third-order valence-electron chi connectivity index (χ3n) is 8.87. The predicted octanol–water partition coefficient (Wildman–Crippen LogP) is 1.22. The number of alkyl halides is 1. The van der Waals surface area contributed by atoms with Gasteiger partial charge in [0.25, 0.3) is 0 Å². The maximum Gasteiger partial charge on any atom is 0.312 e. The number of carbonyl (C=O) groups is 3. The first-order valence-corrected chi connectivity index (χ1v) is 14.9. The standard InChI is InChI=1S/C28H42BrN3O7/c1-5-8-31(10-9-30-11-14-37-15-12-30)26(35)24-28-16-19(29)23(39-28)21(27(36)38-13-6-2)22(28)25(34)32(24)20(17-33)18(4)7-3/h5-6,18-24,33H,1-2,7-17H2,3-4H3/t18-,19?,20-,21+,22-,23+,24?,28?/m0/s1. The van der Waals surface area contributed by atoms with Gasteiger partial charge in [-0.15, -0.1) is 6.58 Å². The molecule has 4 heterocycles. The minimum absolute atomic E-state index is 0.0236. The number of rotatable bonds is 13. The number of likely N-dealkylation sites (tertiary alicyclic amines) is 1. The van der Waals surface area contributed by atoms with Crippen molar-refractivity contribution >= 4 is 33.7 Å². The molecule has 0 aromatic carbocycles. The highest BCUT2D eigenvalue weighted by atomic mass is 79.9.